The minimum atomic E-state index is -1.54. The molecule has 3 heterocycles. The van der Waals surface area contributed by atoms with Gasteiger partial charge in [0.15, 0.2) is 6.23 Å². The summed E-state index contributed by atoms with van der Waals surface area (Å²) < 4.78 is 12.7. The Labute approximate surface area is 191 Å². The van der Waals surface area contributed by atoms with Crippen LogP contribution in [0.2, 0.25) is 0 Å². The topological polar surface area (TPSA) is 145 Å². The lowest BCUT2D eigenvalue weighted by molar-refractivity contribution is -0.250. The van der Waals surface area contributed by atoms with E-state index in [9.17, 15) is 25.2 Å². The van der Waals surface area contributed by atoms with E-state index in [1.54, 1.807) is 32.3 Å². The average molecular weight is 459 g/mol. The van der Waals surface area contributed by atoms with Crippen LogP contribution in [0.25, 0.3) is 6.08 Å². The number of ether oxygens (including phenoxy) is 2. The summed E-state index contributed by atoms with van der Waals surface area (Å²) in [6.07, 6.45) is 1.34. The zero-order valence-corrected chi connectivity index (χ0v) is 18.9. The van der Waals surface area contributed by atoms with Gasteiger partial charge in [0, 0.05) is 11.8 Å². The Morgan fingerprint density at radius 1 is 1.36 bits per heavy atom. The Kier molecular flexibility index (Phi) is 5.97. The van der Waals surface area contributed by atoms with Crippen molar-refractivity contribution in [3.63, 3.8) is 0 Å². The Bertz CT molecular complexity index is 1110. The molecule has 1 aromatic carbocycles. The minimum absolute atomic E-state index is 0.0682. The van der Waals surface area contributed by atoms with Gasteiger partial charge in [0.05, 0.1) is 29.6 Å². The third-order valence-electron chi connectivity index (χ3n) is 6.33. The van der Waals surface area contributed by atoms with Crippen LogP contribution in [0, 0.1) is 6.92 Å². The fraction of sp³-hybridized carbons (Fsp3) is 0.435. The highest BCUT2D eigenvalue weighted by Gasteiger charge is 2.48. The molecule has 0 bridgehead atoms. The molecule has 10 nitrogen and oxygen atoms in total. The molecular weight excluding hydrogens is 430 g/mol. The number of hydrogen-bond acceptors (Lipinski definition) is 9. The van der Waals surface area contributed by atoms with Crippen molar-refractivity contribution < 1.29 is 34.7 Å². The first-order chi connectivity index (χ1) is 15.6. The van der Waals surface area contributed by atoms with Crippen LogP contribution in [0.5, 0.6) is 11.5 Å². The van der Waals surface area contributed by atoms with Crippen molar-refractivity contribution in [2.24, 2.45) is 0 Å². The SMILES string of the molecule is C/C=C/c1cc2n(c1)C(=O)c1cc(OC3OCC(NC)C(C)(O)C3O)c(C)c(O)c1NC2O. The van der Waals surface area contributed by atoms with E-state index in [4.69, 9.17) is 9.47 Å². The van der Waals surface area contributed by atoms with Gasteiger partial charge in [0.2, 0.25) is 6.29 Å². The van der Waals surface area contributed by atoms with Crippen LogP contribution < -0.4 is 15.4 Å². The van der Waals surface area contributed by atoms with Crippen molar-refractivity contribution in [3.8, 4) is 11.5 Å². The summed E-state index contributed by atoms with van der Waals surface area (Å²) in [5.74, 6) is -0.658. The Morgan fingerprint density at radius 3 is 2.76 bits per heavy atom. The number of phenols is 1. The monoisotopic (exact) mass is 459 g/mol. The van der Waals surface area contributed by atoms with Crippen LogP contribution in [0.15, 0.2) is 24.4 Å². The summed E-state index contributed by atoms with van der Waals surface area (Å²) in [5, 5.41) is 48.5. The van der Waals surface area contributed by atoms with E-state index in [-0.39, 0.29) is 34.9 Å². The van der Waals surface area contributed by atoms with Gasteiger partial charge in [-0.05, 0) is 45.5 Å². The second-order valence-corrected chi connectivity index (χ2v) is 8.52. The van der Waals surface area contributed by atoms with E-state index in [0.717, 1.165) is 5.56 Å². The molecule has 1 saturated heterocycles. The summed E-state index contributed by atoms with van der Waals surface area (Å²) in [6.45, 7) is 4.97. The molecule has 2 aromatic rings. The maximum absolute atomic E-state index is 13.3. The number of carbonyl (C=O) groups is 1. The standard InChI is InChI=1S/C23H29N3O7/c1-5-6-12-7-14-20(29)25-17-13(21(30)26(14)9-12)8-15(11(2)18(17)27)33-22-19(28)23(3,31)16(24-4)10-32-22/h5-9,16,19-20,22,24-25,27-29,31H,10H2,1-4H3/b6-5+. The number of aromatic nitrogens is 1. The molecule has 5 atom stereocenters. The number of nitrogens with one attached hydrogen (secondary N) is 2. The molecule has 0 amide bonds. The fourth-order valence-electron chi connectivity index (χ4n) is 4.22. The molecular formula is C23H29N3O7. The van der Waals surface area contributed by atoms with Crippen molar-refractivity contribution in [1.29, 1.82) is 0 Å². The molecule has 178 valence electrons. The van der Waals surface area contributed by atoms with E-state index in [1.807, 2.05) is 13.0 Å². The number of aliphatic hydroxyl groups excluding tert-OH is 2. The van der Waals surface area contributed by atoms with Crippen molar-refractivity contribution in [2.45, 2.75) is 51.0 Å². The number of aliphatic hydroxyl groups is 3. The number of likely N-dealkylation sites (N-methyl/N-ethyl adjacent to an activating group) is 1. The Balaban J connectivity index is 1.73. The number of phenolic OH excluding ortho intramolecular Hbond substituents is 1. The molecule has 0 aliphatic carbocycles. The van der Waals surface area contributed by atoms with E-state index >= 15 is 0 Å². The van der Waals surface area contributed by atoms with Crippen LogP contribution in [-0.4, -0.2) is 68.6 Å². The van der Waals surface area contributed by atoms with E-state index in [2.05, 4.69) is 10.6 Å². The third kappa shape index (κ3) is 3.79. The first kappa shape index (κ1) is 23.3. The van der Waals surface area contributed by atoms with Gasteiger partial charge in [-0.25, -0.2) is 0 Å². The molecule has 1 fully saturated rings. The van der Waals surface area contributed by atoms with Crippen LogP contribution in [-0.2, 0) is 4.74 Å². The highest BCUT2D eigenvalue weighted by molar-refractivity contribution is 6.04. The summed E-state index contributed by atoms with van der Waals surface area (Å²) in [7, 11) is 1.65. The smallest absolute Gasteiger partial charge is 0.264 e. The highest BCUT2D eigenvalue weighted by Crippen LogP contribution is 2.42. The van der Waals surface area contributed by atoms with Gasteiger partial charge in [-0.15, -0.1) is 0 Å². The number of rotatable bonds is 4. The van der Waals surface area contributed by atoms with E-state index in [0.29, 0.717) is 5.69 Å². The molecule has 10 heteroatoms. The number of nitrogens with zero attached hydrogens (tertiary/aromatic N) is 1. The second-order valence-electron chi connectivity index (χ2n) is 8.52. The predicted molar refractivity (Wildman–Crippen MR) is 120 cm³/mol. The number of hydrogen-bond donors (Lipinski definition) is 6. The largest absolute Gasteiger partial charge is 0.505 e. The molecule has 0 radical (unpaired) electrons. The van der Waals surface area contributed by atoms with Gasteiger partial charge in [-0.1, -0.05) is 12.2 Å². The van der Waals surface area contributed by atoms with Crippen LogP contribution in [0.1, 0.15) is 47.3 Å². The third-order valence-corrected chi connectivity index (χ3v) is 6.33. The zero-order chi connectivity index (χ0) is 24.1. The summed E-state index contributed by atoms with van der Waals surface area (Å²) in [6, 6.07) is 2.58. The second kappa shape index (κ2) is 8.47. The van der Waals surface area contributed by atoms with Crippen molar-refractivity contribution in [1.82, 2.24) is 9.88 Å². The van der Waals surface area contributed by atoms with Crippen LogP contribution >= 0.6 is 0 Å². The molecule has 0 saturated carbocycles. The fourth-order valence-corrected chi connectivity index (χ4v) is 4.22. The van der Waals surface area contributed by atoms with Gasteiger partial charge in [-0.2, -0.15) is 0 Å². The van der Waals surface area contributed by atoms with Crippen molar-refractivity contribution in [2.75, 3.05) is 19.0 Å². The molecule has 6 N–H and O–H groups in total. The summed E-state index contributed by atoms with van der Waals surface area (Å²) in [4.78, 5) is 13.3. The normalized spacial score (nSPS) is 29.4. The van der Waals surface area contributed by atoms with Gasteiger partial charge in [0.25, 0.3) is 5.91 Å². The maximum Gasteiger partial charge on any atom is 0.264 e. The van der Waals surface area contributed by atoms with Gasteiger partial charge < -0.3 is 40.5 Å². The first-order valence-corrected chi connectivity index (χ1v) is 10.7. The molecule has 0 spiro atoms. The molecule has 2 aliphatic heterocycles. The van der Waals surface area contributed by atoms with Gasteiger partial charge in [0.1, 0.15) is 23.2 Å². The van der Waals surface area contributed by atoms with Gasteiger partial charge >= 0.3 is 0 Å². The van der Waals surface area contributed by atoms with E-state index in [1.165, 1.54) is 17.6 Å². The molecule has 5 unspecified atom stereocenters. The number of benzene rings is 1. The van der Waals surface area contributed by atoms with Crippen LogP contribution in [0.4, 0.5) is 5.69 Å². The van der Waals surface area contributed by atoms with Crippen molar-refractivity contribution >= 4 is 17.7 Å². The zero-order valence-electron chi connectivity index (χ0n) is 18.9. The Morgan fingerprint density at radius 2 is 2.09 bits per heavy atom. The number of fused-ring (bicyclic) bond motifs is 2. The quantitative estimate of drug-likeness (QED) is 0.370. The summed E-state index contributed by atoms with van der Waals surface area (Å²) in [5.41, 5.74) is -0.0698. The minimum Gasteiger partial charge on any atom is -0.505 e. The Hall–Kier alpha value is -2.89. The van der Waals surface area contributed by atoms with E-state index < -0.39 is 36.2 Å². The lowest BCUT2D eigenvalue weighted by Gasteiger charge is -2.44. The molecule has 1 aromatic heterocycles. The first-order valence-electron chi connectivity index (χ1n) is 10.7. The molecule has 2 aliphatic rings. The lowest BCUT2D eigenvalue weighted by Crippen LogP contribution is -2.66. The lowest BCUT2D eigenvalue weighted by atomic mass is 9.88. The molecule has 33 heavy (non-hydrogen) atoms. The summed E-state index contributed by atoms with van der Waals surface area (Å²) >= 11 is 0. The number of anilines is 1. The maximum atomic E-state index is 13.3. The number of aromatic hydroxyl groups is 1. The number of allylic oxidation sites excluding steroid dienone is 1. The number of carbonyl (C=O) groups excluding carboxylic acids is 1. The highest BCUT2D eigenvalue weighted by atomic mass is 16.7. The van der Waals surface area contributed by atoms with Crippen LogP contribution in [0.3, 0.4) is 0 Å². The average Bonchev–Trinajstić information content (AvgIpc) is 3.16. The van der Waals surface area contributed by atoms with Gasteiger partial charge in [-0.3, -0.25) is 9.36 Å². The van der Waals surface area contributed by atoms with Crippen molar-refractivity contribution in [3.05, 3.63) is 46.8 Å². The predicted octanol–water partition coefficient (Wildman–Crippen LogP) is 1.08. The molecule has 4 rings (SSSR count).